The van der Waals surface area contributed by atoms with Gasteiger partial charge in [0.2, 0.25) is 0 Å². The van der Waals surface area contributed by atoms with E-state index in [1.54, 1.807) is 12.1 Å². The number of halogens is 4. The third kappa shape index (κ3) is 3.77. The van der Waals surface area contributed by atoms with Gasteiger partial charge in [-0.05, 0) is 35.9 Å². The van der Waals surface area contributed by atoms with Gasteiger partial charge in [0.25, 0.3) is 5.91 Å². The summed E-state index contributed by atoms with van der Waals surface area (Å²) in [4.78, 5) is 15.6. The number of aromatic nitrogens is 1. The number of carbonyl (C=O) groups excluding carboxylic acids is 1. The second-order valence-electron chi connectivity index (χ2n) is 4.23. The minimum atomic E-state index is -4.84. The van der Waals surface area contributed by atoms with E-state index >= 15 is 0 Å². The van der Waals surface area contributed by atoms with Crippen molar-refractivity contribution in [3.63, 3.8) is 0 Å². The molecule has 1 N–H and O–H groups in total. The lowest BCUT2D eigenvalue weighted by Crippen LogP contribution is -2.23. The van der Waals surface area contributed by atoms with E-state index in [0.29, 0.717) is 12.1 Å². The zero-order chi connectivity index (χ0) is 15.5. The van der Waals surface area contributed by atoms with Crippen LogP contribution in [0.25, 0.3) is 0 Å². The summed E-state index contributed by atoms with van der Waals surface area (Å²) in [5, 5.41) is 2.46. The van der Waals surface area contributed by atoms with Gasteiger partial charge < -0.3 is 5.32 Å². The molecule has 0 aliphatic rings. The average Bonchev–Trinajstić information content (AvgIpc) is 2.45. The molecule has 1 aromatic carbocycles. The number of nitrogens with zero attached hydrogens (tertiary/aromatic N) is 1. The summed E-state index contributed by atoms with van der Waals surface area (Å²) >= 11 is 0. The van der Waals surface area contributed by atoms with Gasteiger partial charge >= 0.3 is 6.18 Å². The van der Waals surface area contributed by atoms with E-state index in [1.165, 1.54) is 12.4 Å². The first-order valence-electron chi connectivity index (χ1n) is 5.92. The molecule has 2 aromatic rings. The van der Waals surface area contributed by atoms with Crippen LogP contribution in [-0.4, -0.2) is 10.9 Å². The normalized spacial score (nSPS) is 11.2. The maximum atomic E-state index is 13.1. The molecule has 7 heteroatoms. The van der Waals surface area contributed by atoms with Crippen molar-refractivity contribution < 1.29 is 22.4 Å². The number of alkyl halides is 3. The fourth-order valence-electron chi connectivity index (χ4n) is 1.67. The molecule has 0 aliphatic carbocycles. The molecule has 3 nitrogen and oxygen atoms in total. The molecule has 1 amide bonds. The van der Waals surface area contributed by atoms with Gasteiger partial charge in [0, 0.05) is 24.5 Å². The molecule has 1 aromatic heterocycles. The fourth-order valence-corrected chi connectivity index (χ4v) is 1.67. The van der Waals surface area contributed by atoms with Crippen LogP contribution in [0.15, 0.2) is 42.7 Å². The SMILES string of the molecule is O=C(NCc1ccncc1)c1ccc(F)c(C(F)(F)F)c1. The topological polar surface area (TPSA) is 42.0 Å². The molecule has 1 heterocycles. The van der Waals surface area contributed by atoms with Gasteiger partial charge in [-0.25, -0.2) is 4.39 Å². The van der Waals surface area contributed by atoms with Crippen molar-refractivity contribution >= 4 is 5.91 Å². The number of pyridine rings is 1. The minimum Gasteiger partial charge on any atom is -0.348 e. The molecule has 0 aliphatic heterocycles. The van der Waals surface area contributed by atoms with Crippen LogP contribution in [0.5, 0.6) is 0 Å². The summed E-state index contributed by atoms with van der Waals surface area (Å²) in [6.07, 6.45) is -1.78. The molecule has 2 rings (SSSR count). The van der Waals surface area contributed by atoms with Gasteiger partial charge in [-0.2, -0.15) is 13.2 Å². The highest BCUT2D eigenvalue weighted by Crippen LogP contribution is 2.31. The number of nitrogens with one attached hydrogen (secondary N) is 1. The summed E-state index contributed by atoms with van der Waals surface area (Å²) in [5.41, 5.74) is -0.964. The van der Waals surface area contributed by atoms with Gasteiger partial charge in [0.1, 0.15) is 5.82 Å². The van der Waals surface area contributed by atoms with Crippen molar-refractivity contribution in [1.29, 1.82) is 0 Å². The molecule has 0 radical (unpaired) electrons. The fraction of sp³-hybridized carbons (Fsp3) is 0.143. The summed E-state index contributed by atoms with van der Waals surface area (Å²) in [5.74, 6) is -2.12. The van der Waals surface area contributed by atoms with Crippen LogP contribution in [0.4, 0.5) is 17.6 Å². The van der Waals surface area contributed by atoms with Crippen molar-refractivity contribution in [2.24, 2.45) is 0 Å². The Balaban J connectivity index is 2.13. The predicted octanol–water partition coefficient (Wildman–Crippen LogP) is 3.17. The molecule has 110 valence electrons. The maximum absolute atomic E-state index is 13.1. The van der Waals surface area contributed by atoms with E-state index < -0.39 is 23.5 Å². The Bertz CT molecular complexity index is 641. The lowest BCUT2D eigenvalue weighted by molar-refractivity contribution is -0.140. The lowest BCUT2D eigenvalue weighted by Gasteiger charge is -2.10. The molecule has 0 fully saturated rings. The van der Waals surface area contributed by atoms with E-state index in [-0.39, 0.29) is 12.1 Å². The van der Waals surface area contributed by atoms with Crippen molar-refractivity contribution in [3.8, 4) is 0 Å². The Morgan fingerprint density at radius 3 is 2.43 bits per heavy atom. The van der Waals surface area contributed by atoms with Gasteiger partial charge in [-0.1, -0.05) is 0 Å². The summed E-state index contributed by atoms with van der Waals surface area (Å²) in [6, 6.07) is 5.45. The van der Waals surface area contributed by atoms with Crippen molar-refractivity contribution in [1.82, 2.24) is 10.3 Å². The van der Waals surface area contributed by atoms with Crippen molar-refractivity contribution in [2.45, 2.75) is 12.7 Å². The van der Waals surface area contributed by atoms with Gasteiger partial charge in [-0.15, -0.1) is 0 Å². The molecule has 0 saturated heterocycles. The van der Waals surface area contributed by atoms with Gasteiger partial charge in [0.15, 0.2) is 0 Å². The maximum Gasteiger partial charge on any atom is 0.419 e. The third-order valence-corrected chi connectivity index (χ3v) is 2.74. The Kier molecular flexibility index (Phi) is 4.21. The third-order valence-electron chi connectivity index (χ3n) is 2.74. The highest BCUT2D eigenvalue weighted by Gasteiger charge is 2.34. The van der Waals surface area contributed by atoms with E-state index in [1.807, 2.05) is 0 Å². The Morgan fingerprint density at radius 2 is 1.81 bits per heavy atom. The Morgan fingerprint density at radius 1 is 1.14 bits per heavy atom. The molecule has 0 unspecified atom stereocenters. The Labute approximate surface area is 117 Å². The second-order valence-corrected chi connectivity index (χ2v) is 4.23. The molecular formula is C14H10F4N2O. The number of hydrogen-bond acceptors (Lipinski definition) is 2. The smallest absolute Gasteiger partial charge is 0.348 e. The van der Waals surface area contributed by atoms with Crippen molar-refractivity contribution in [3.05, 3.63) is 65.2 Å². The van der Waals surface area contributed by atoms with Crippen LogP contribution >= 0.6 is 0 Å². The monoisotopic (exact) mass is 298 g/mol. The van der Waals surface area contributed by atoms with Gasteiger partial charge in [-0.3, -0.25) is 9.78 Å². The molecule has 0 atom stereocenters. The van der Waals surface area contributed by atoms with E-state index in [0.717, 1.165) is 11.6 Å². The number of rotatable bonds is 3. The van der Waals surface area contributed by atoms with Crippen LogP contribution in [0.1, 0.15) is 21.5 Å². The number of benzene rings is 1. The first-order valence-corrected chi connectivity index (χ1v) is 5.92. The zero-order valence-corrected chi connectivity index (χ0v) is 10.6. The van der Waals surface area contributed by atoms with Crippen LogP contribution in [-0.2, 0) is 12.7 Å². The number of carbonyl (C=O) groups is 1. The highest BCUT2D eigenvalue weighted by molar-refractivity contribution is 5.94. The molecule has 0 spiro atoms. The average molecular weight is 298 g/mol. The van der Waals surface area contributed by atoms with E-state index in [9.17, 15) is 22.4 Å². The minimum absolute atomic E-state index is 0.139. The lowest BCUT2D eigenvalue weighted by atomic mass is 10.1. The summed E-state index contributed by atoms with van der Waals surface area (Å²) in [6.45, 7) is 0.139. The first kappa shape index (κ1) is 15.0. The Hall–Kier alpha value is -2.44. The largest absolute Gasteiger partial charge is 0.419 e. The number of amides is 1. The first-order chi connectivity index (χ1) is 9.88. The molecular weight excluding hydrogens is 288 g/mol. The van der Waals surface area contributed by atoms with Crippen molar-refractivity contribution in [2.75, 3.05) is 0 Å². The van der Waals surface area contributed by atoms with Gasteiger partial charge in [0.05, 0.1) is 5.56 Å². The highest BCUT2D eigenvalue weighted by atomic mass is 19.4. The van der Waals surface area contributed by atoms with Crippen LogP contribution in [0.2, 0.25) is 0 Å². The zero-order valence-electron chi connectivity index (χ0n) is 10.6. The van der Waals surface area contributed by atoms with E-state index in [2.05, 4.69) is 10.3 Å². The second kappa shape index (κ2) is 5.90. The number of hydrogen-bond donors (Lipinski definition) is 1. The molecule has 0 saturated carbocycles. The van der Waals surface area contributed by atoms with Crippen LogP contribution in [0, 0.1) is 5.82 Å². The van der Waals surface area contributed by atoms with Crippen LogP contribution in [0.3, 0.4) is 0 Å². The summed E-state index contributed by atoms with van der Waals surface area (Å²) < 4.78 is 50.8. The molecule has 21 heavy (non-hydrogen) atoms. The molecule has 0 bridgehead atoms. The van der Waals surface area contributed by atoms with E-state index in [4.69, 9.17) is 0 Å². The quantitative estimate of drug-likeness (QED) is 0.884. The van der Waals surface area contributed by atoms with Crippen LogP contribution < -0.4 is 5.32 Å². The summed E-state index contributed by atoms with van der Waals surface area (Å²) in [7, 11) is 0. The predicted molar refractivity (Wildman–Crippen MR) is 66.8 cm³/mol. The standard InChI is InChI=1S/C14H10F4N2O/c15-12-2-1-10(7-11(12)14(16,17)18)13(21)20-8-9-3-5-19-6-4-9/h1-7H,8H2,(H,20,21).